The summed E-state index contributed by atoms with van der Waals surface area (Å²) in [6.45, 7) is 9.05. The van der Waals surface area contributed by atoms with Crippen LogP contribution >= 0.6 is 11.8 Å². The van der Waals surface area contributed by atoms with E-state index in [4.69, 9.17) is 4.74 Å². The Kier molecular flexibility index (Phi) is 6.86. The van der Waals surface area contributed by atoms with Gasteiger partial charge in [0, 0.05) is 23.5 Å². The molecule has 0 amide bonds. The normalized spacial score (nSPS) is 19.7. The molecule has 0 N–H and O–H groups in total. The van der Waals surface area contributed by atoms with Crippen LogP contribution in [0.1, 0.15) is 40.0 Å². The lowest BCUT2D eigenvalue weighted by molar-refractivity contribution is -0.144. The van der Waals surface area contributed by atoms with Crippen molar-refractivity contribution in [2.45, 2.75) is 44.8 Å². The summed E-state index contributed by atoms with van der Waals surface area (Å²) >= 11 is 1.97. The SMILES string of the molecule is CCOC(=O)CCC(=O)CN1CCSC(C)(C)CC1. The van der Waals surface area contributed by atoms with E-state index in [2.05, 4.69) is 18.7 Å². The number of ketones is 1. The van der Waals surface area contributed by atoms with Crippen LogP contribution in [-0.4, -0.2) is 53.4 Å². The van der Waals surface area contributed by atoms with Crippen molar-refractivity contribution in [2.75, 3.05) is 32.0 Å². The van der Waals surface area contributed by atoms with Crippen molar-refractivity contribution in [2.24, 2.45) is 0 Å². The molecule has 0 spiro atoms. The Labute approximate surface area is 120 Å². The van der Waals surface area contributed by atoms with Gasteiger partial charge in [0.05, 0.1) is 19.6 Å². The van der Waals surface area contributed by atoms with Crippen LogP contribution in [0.25, 0.3) is 0 Å². The molecule has 1 aliphatic rings. The van der Waals surface area contributed by atoms with Gasteiger partial charge < -0.3 is 4.74 Å². The minimum atomic E-state index is -0.275. The summed E-state index contributed by atoms with van der Waals surface area (Å²) in [5, 5.41) is 0. The Balaban J connectivity index is 2.26. The van der Waals surface area contributed by atoms with E-state index in [9.17, 15) is 9.59 Å². The minimum absolute atomic E-state index is 0.137. The highest BCUT2D eigenvalue weighted by Gasteiger charge is 2.24. The molecule has 5 heteroatoms. The van der Waals surface area contributed by atoms with Crippen molar-refractivity contribution in [3.05, 3.63) is 0 Å². The van der Waals surface area contributed by atoms with Gasteiger partial charge in [-0.15, -0.1) is 0 Å². The minimum Gasteiger partial charge on any atom is -0.466 e. The number of carbonyl (C=O) groups is 2. The first kappa shape index (κ1) is 16.5. The largest absolute Gasteiger partial charge is 0.466 e. The van der Waals surface area contributed by atoms with Crippen molar-refractivity contribution in [1.29, 1.82) is 0 Å². The maximum Gasteiger partial charge on any atom is 0.306 e. The van der Waals surface area contributed by atoms with Gasteiger partial charge in [-0.3, -0.25) is 14.5 Å². The summed E-state index contributed by atoms with van der Waals surface area (Å²) in [6, 6.07) is 0. The van der Waals surface area contributed by atoms with Crippen LogP contribution in [-0.2, 0) is 14.3 Å². The average molecular weight is 287 g/mol. The molecule has 1 fully saturated rings. The quantitative estimate of drug-likeness (QED) is 0.700. The van der Waals surface area contributed by atoms with E-state index < -0.39 is 0 Å². The zero-order valence-electron chi connectivity index (χ0n) is 12.2. The van der Waals surface area contributed by atoms with Crippen LogP contribution < -0.4 is 0 Å². The first-order valence-electron chi connectivity index (χ1n) is 6.96. The molecular formula is C14H25NO3S. The smallest absolute Gasteiger partial charge is 0.306 e. The fourth-order valence-corrected chi connectivity index (χ4v) is 3.16. The molecule has 0 aromatic heterocycles. The van der Waals surface area contributed by atoms with Crippen LogP contribution in [0.3, 0.4) is 0 Å². The maximum absolute atomic E-state index is 11.8. The van der Waals surface area contributed by atoms with Gasteiger partial charge in [0.15, 0.2) is 0 Å². The Morgan fingerprint density at radius 3 is 2.68 bits per heavy atom. The van der Waals surface area contributed by atoms with Gasteiger partial charge in [0.1, 0.15) is 5.78 Å². The molecule has 0 aromatic rings. The lowest BCUT2D eigenvalue weighted by Crippen LogP contribution is -2.32. The lowest BCUT2D eigenvalue weighted by atomic mass is 10.1. The molecule has 0 unspecified atom stereocenters. The second-order valence-corrected chi connectivity index (χ2v) is 7.28. The van der Waals surface area contributed by atoms with Crippen LogP contribution in [0.2, 0.25) is 0 Å². The number of thioether (sulfide) groups is 1. The van der Waals surface area contributed by atoms with Crippen molar-refractivity contribution in [3.63, 3.8) is 0 Å². The Morgan fingerprint density at radius 2 is 2.00 bits per heavy atom. The third kappa shape index (κ3) is 6.97. The third-order valence-electron chi connectivity index (χ3n) is 3.24. The van der Waals surface area contributed by atoms with Gasteiger partial charge in [-0.05, 0) is 19.9 Å². The molecular weight excluding hydrogens is 262 g/mol. The summed E-state index contributed by atoms with van der Waals surface area (Å²) in [4.78, 5) is 25.2. The van der Waals surface area contributed by atoms with E-state index in [-0.39, 0.29) is 18.2 Å². The highest BCUT2D eigenvalue weighted by atomic mass is 32.2. The van der Waals surface area contributed by atoms with Gasteiger partial charge in [-0.1, -0.05) is 13.8 Å². The summed E-state index contributed by atoms with van der Waals surface area (Å²) < 4.78 is 5.13. The standard InChI is InChI=1S/C14H25NO3S/c1-4-18-13(17)6-5-12(16)11-15-8-7-14(2,3)19-10-9-15/h4-11H2,1-3H3. The van der Waals surface area contributed by atoms with Crippen molar-refractivity contribution in [1.82, 2.24) is 4.90 Å². The summed E-state index contributed by atoms with van der Waals surface area (Å²) in [7, 11) is 0. The van der Waals surface area contributed by atoms with Gasteiger partial charge in [0.25, 0.3) is 0 Å². The van der Waals surface area contributed by atoms with Gasteiger partial charge in [0.2, 0.25) is 0 Å². The molecule has 19 heavy (non-hydrogen) atoms. The average Bonchev–Trinajstić information content (AvgIpc) is 2.49. The van der Waals surface area contributed by atoms with E-state index in [0.29, 0.717) is 24.3 Å². The fraction of sp³-hybridized carbons (Fsp3) is 0.857. The third-order valence-corrected chi connectivity index (χ3v) is 4.62. The van der Waals surface area contributed by atoms with Crippen LogP contribution in [0.5, 0.6) is 0 Å². The lowest BCUT2D eigenvalue weighted by Gasteiger charge is -2.22. The molecule has 1 rings (SSSR count). The molecule has 1 aliphatic heterocycles. The summed E-state index contributed by atoms with van der Waals surface area (Å²) in [6.07, 6.45) is 1.61. The zero-order valence-corrected chi connectivity index (χ0v) is 13.1. The highest BCUT2D eigenvalue weighted by molar-refractivity contribution is 8.00. The second-order valence-electron chi connectivity index (χ2n) is 5.48. The monoisotopic (exact) mass is 287 g/mol. The number of esters is 1. The van der Waals surface area contributed by atoms with Gasteiger partial charge in [-0.2, -0.15) is 11.8 Å². The van der Waals surface area contributed by atoms with Gasteiger partial charge in [-0.25, -0.2) is 0 Å². The van der Waals surface area contributed by atoms with E-state index >= 15 is 0 Å². The van der Waals surface area contributed by atoms with Crippen molar-refractivity contribution >= 4 is 23.5 Å². The van der Waals surface area contributed by atoms with Crippen molar-refractivity contribution in [3.8, 4) is 0 Å². The first-order chi connectivity index (χ1) is 8.93. The molecule has 0 bridgehead atoms. The topological polar surface area (TPSA) is 46.6 Å². The van der Waals surface area contributed by atoms with Gasteiger partial charge >= 0.3 is 5.97 Å². The number of rotatable bonds is 6. The number of hydrogen-bond donors (Lipinski definition) is 0. The Hall–Kier alpha value is -0.550. The predicted octanol–water partition coefficient (Wildman–Crippen LogP) is 2.12. The number of nitrogens with zero attached hydrogens (tertiary/aromatic N) is 1. The van der Waals surface area contributed by atoms with E-state index in [1.165, 1.54) is 0 Å². The highest BCUT2D eigenvalue weighted by Crippen LogP contribution is 2.30. The molecule has 110 valence electrons. The molecule has 0 radical (unpaired) electrons. The maximum atomic E-state index is 11.8. The first-order valence-corrected chi connectivity index (χ1v) is 7.95. The Bertz CT molecular complexity index is 318. The van der Waals surface area contributed by atoms with E-state index in [1.54, 1.807) is 6.92 Å². The predicted molar refractivity (Wildman–Crippen MR) is 78.5 cm³/mol. The molecule has 4 nitrogen and oxygen atoms in total. The molecule has 0 aliphatic carbocycles. The van der Waals surface area contributed by atoms with E-state index in [0.717, 1.165) is 25.3 Å². The van der Waals surface area contributed by atoms with Crippen molar-refractivity contribution < 1.29 is 14.3 Å². The zero-order chi connectivity index (χ0) is 14.3. The van der Waals surface area contributed by atoms with Crippen LogP contribution in [0.15, 0.2) is 0 Å². The number of carbonyl (C=O) groups excluding carboxylic acids is 2. The number of hydrogen-bond acceptors (Lipinski definition) is 5. The summed E-state index contributed by atoms with van der Waals surface area (Å²) in [5.74, 6) is 0.930. The number of Topliss-reactive ketones (excluding diaryl/α,β-unsaturated/α-hetero) is 1. The molecule has 0 saturated carbocycles. The molecule has 0 atom stereocenters. The fourth-order valence-electron chi connectivity index (χ4n) is 2.02. The number of ether oxygens (including phenoxy) is 1. The van der Waals surface area contributed by atoms with Crippen LogP contribution in [0, 0.1) is 0 Å². The molecule has 1 heterocycles. The van der Waals surface area contributed by atoms with Crippen LogP contribution in [0.4, 0.5) is 0 Å². The van der Waals surface area contributed by atoms with E-state index in [1.807, 2.05) is 11.8 Å². The summed E-state index contributed by atoms with van der Waals surface area (Å²) in [5.41, 5.74) is 0. The molecule has 0 aromatic carbocycles. The second kappa shape index (κ2) is 7.90. The Morgan fingerprint density at radius 1 is 1.26 bits per heavy atom. The molecule has 1 saturated heterocycles.